The Morgan fingerprint density at radius 1 is 1.16 bits per heavy atom. The maximum absolute atomic E-state index is 13.5. The van der Waals surface area contributed by atoms with Gasteiger partial charge < -0.3 is 29.2 Å². The van der Waals surface area contributed by atoms with Crippen molar-refractivity contribution in [2.75, 3.05) is 43.1 Å². The molecule has 0 spiro atoms. The summed E-state index contributed by atoms with van der Waals surface area (Å²) in [5.74, 6) is 1.92. The number of nitrogens with one attached hydrogen (secondary N) is 1. The number of halogens is 3. The van der Waals surface area contributed by atoms with Crippen LogP contribution in [0.15, 0.2) is 24.3 Å². The minimum Gasteiger partial charge on any atom is -0.486 e. The van der Waals surface area contributed by atoms with Crippen LogP contribution in [0.4, 0.5) is 29.7 Å². The second-order valence-electron chi connectivity index (χ2n) is 8.52. The van der Waals surface area contributed by atoms with Crippen LogP contribution < -0.4 is 19.7 Å². The molecular weight excluding hydrogens is 513 g/mol. The third-order valence-electron chi connectivity index (χ3n) is 5.98. The summed E-state index contributed by atoms with van der Waals surface area (Å²) in [4.78, 5) is 22.0. The lowest BCUT2D eigenvalue weighted by Gasteiger charge is -2.31. The van der Waals surface area contributed by atoms with E-state index >= 15 is 0 Å². The predicted molar refractivity (Wildman–Crippen MR) is 131 cm³/mol. The maximum atomic E-state index is 13.5. The summed E-state index contributed by atoms with van der Waals surface area (Å²) < 4.78 is 61.7. The molecule has 1 N–H and O–H groups in total. The van der Waals surface area contributed by atoms with Crippen molar-refractivity contribution in [2.24, 2.45) is 0 Å². The molecule has 37 heavy (non-hydrogen) atoms. The number of nitrogens with zero attached hydrogens (tertiary/aromatic N) is 3. The Morgan fingerprint density at radius 2 is 1.92 bits per heavy atom. The van der Waals surface area contributed by atoms with Gasteiger partial charge in [-0.2, -0.15) is 18.2 Å². The van der Waals surface area contributed by atoms with E-state index in [-0.39, 0.29) is 17.5 Å². The van der Waals surface area contributed by atoms with Crippen LogP contribution in [0.5, 0.6) is 11.5 Å². The van der Waals surface area contributed by atoms with Gasteiger partial charge in [0.05, 0.1) is 12.0 Å². The minimum atomic E-state index is -4.48. The fraction of sp³-hybridized carbons (Fsp3) is 0.458. The van der Waals surface area contributed by atoms with Gasteiger partial charge in [-0.15, -0.1) is 11.3 Å². The van der Waals surface area contributed by atoms with Crippen LogP contribution in [-0.4, -0.2) is 55.1 Å². The van der Waals surface area contributed by atoms with Crippen molar-refractivity contribution >= 4 is 39.5 Å². The minimum absolute atomic E-state index is 0.230. The standard InChI is InChI=1S/C24H25F3N4O5S/c1-2-33-23(32)36-15-5-7-31(8-6-15)22-29-20(16-12-19(24(25,26)27)37-21(16)30-22)28-13-14-3-4-17-18(11-14)35-10-9-34-17/h3-4,11-12,15H,2,5-10,13H2,1H3,(H,28,29,30). The van der Waals surface area contributed by atoms with Gasteiger partial charge in [-0.05, 0) is 30.7 Å². The Bertz CT molecular complexity index is 1280. The summed E-state index contributed by atoms with van der Waals surface area (Å²) in [5, 5.41) is 3.49. The van der Waals surface area contributed by atoms with Crippen LogP contribution in [0.25, 0.3) is 10.2 Å². The largest absolute Gasteiger partial charge is 0.508 e. The third kappa shape index (κ3) is 5.76. The van der Waals surface area contributed by atoms with Gasteiger partial charge in [-0.1, -0.05) is 6.07 Å². The molecule has 1 saturated heterocycles. The van der Waals surface area contributed by atoms with E-state index in [0.717, 1.165) is 11.6 Å². The highest BCUT2D eigenvalue weighted by molar-refractivity contribution is 7.18. The molecule has 9 nitrogen and oxygen atoms in total. The molecular formula is C24H25F3N4O5S. The molecule has 0 aliphatic carbocycles. The number of anilines is 2. The van der Waals surface area contributed by atoms with Crippen LogP contribution in [0.3, 0.4) is 0 Å². The summed E-state index contributed by atoms with van der Waals surface area (Å²) >= 11 is 0.586. The van der Waals surface area contributed by atoms with Crippen molar-refractivity contribution in [1.29, 1.82) is 0 Å². The molecule has 0 unspecified atom stereocenters. The van der Waals surface area contributed by atoms with Gasteiger partial charge in [0.2, 0.25) is 5.95 Å². The van der Waals surface area contributed by atoms with Crippen LogP contribution in [0, 0.1) is 0 Å². The zero-order chi connectivity index (χ0) is 26.0. The molecule has 0 atom stereocenters. The van der Waals surface area contributed by atoms with Gasteiger partial charge in [0.25, 0.3) is 0 Å². The van der Waals surface area contributed by atoms with E-state index < -0.39 is 17.2 Å². The van der Waals surface area contributed by atoms with Gasteiger partial charge in [0, 0.05) is 32.5 Å². The summed E-state index contributed by atoms with van der Waals surface area (Å²) in [6, 6.07) is 6.59. The Hall–Kier alpha value is -3.48. The predicted octanol–water partition coefficient (Wildman–Crippen LogP) is 5.24. The molecule has 0 bridgehead atoms. The first-order chi connectivity index (χ1) is 17.8. The van der Waals surface area contributed by atoms with Gasteiger partial charge in [-0.3, -0.25) is 0 Å². The lowest BCUT2D eigenvalue weighted by Crippen LogP contribution is -2.39. The monoisotopic (exact) mass is 538 g/mol. The SMILES string of the molecule is CCOC(=O)OC1CCN(c2nc(NCc3ccc4c(c3)OCCO4)c3cc(C(F)(F)F)sc3n2)CC1. The normalized spacial score (nSPS) is 16.1. The molecule has 3 aromatic rings. The molecule has 0 amide bonds. The molecule has 1 aromatic carbocycles. The van der Waals surface area contributed by atoms with E-state index in [2.05, 4.69) is 15.3 Å². The zero-order valence-corrected chi connectivity index (χ0v) is 20.8. The number of hydrogen-bond acceptors (Lipinski definition) is 10. The lowest BCUT2D eigenvalue weighted by atomic mass is 10.1. The number of carbonyl (C=O) groups is 1. The Kier molecular flexibility index (Phi) is 7.13. The van der Waals surface area contributed by atoms with Gasteiger partial charge in [-0.25, -0.2) is 9.78 Å². The van der Waals surface area contributed by atoms with Crippen LogP contribution in [0.2, 0.25) is 0 Å². The molecule has 1 fully saturated rings. The number of rotatable bonds is 6. The van der Waals surface area contributed by atoms with Crippen LogP contribution >= 0.6 is 11.3 Å². The molecule has 0 radical (unpaired) electrons. The molecule has 0 saturated carbocycles. The molecule has 2 aromatic heterocycles. The highest BCUT2D eigenvalue weighted by Gasteiger charge is 2.34. The second-order valence-corrected chi connectivity index (χ2v) is 9.55. The van der Waals surface area contributed by atoms with Crippen molar-refractivity contribution in [2.45, 2.75) is 38.6 Å². The molecule has 4 heterocycles. The topological polar surface area (TPSA) is 95.0 Å². The van der Waals surface area contributed by atoms with Crippen molar-refractivity contribution in [3.05, 3.63) is 34.7 Å². The summed E-state index contributed by atoms with van der Waals surface area (Å²) in [6.07, 6.45) is -4.44. The number of alkyl halides is 3. The average Bonchev–Trinajstić information content (AvgIpc) is 3.33. The van der Waals surface area contributed by atoms with E-state index in [1.165, 1.54) is 0 Å². The maximum Gasteiger partial charge on any atom is 0.508 e. The number of benzene rings is 1. The van der Waals surface area contributed by atoms with Crippen molar-refractivity contribution in [3.8, 4) is 11.5 Å². The van der Waals surface area contributed by atoms with Crippen LogP contribution in [0.1, 0.15) is 30.2 Å². The highest BCUT2D eigenvalue weighted by atomic mass is 32.1. The third-order valence-corrected chi connectivity index (χ3v) is 7.05. The van der Waals surface area contributed by atoms with E-state index in [9.17, 15) is 18.0 Å². The van der Waals surface area contributed by atoms with Gasteiger partial charge in [0.15, 0.2) is 11.5 Å². The number of ether oxygens (including phenoxy) is 4. The number of carbonyl (C=O) groups excluding carboxylic acids is 1. The first-order valence-electron chi connectivity index (χ1n) is 11.9. The smallest absolute Gasteiger partial charge is 0.486 e. The van der Waals surface area contributed by atoms with E-state index in [1.54, 1.807) is 13.0 Å². The molecule has 2 aliphatic rings. The highest BCUT2D eigenvalue weighted by Crippen LogP contribution is 2.40. The van der Waals surface area contributed by atoms with Crippen molar-refractivity contribution in [1.82, 2.24) is 9.97 Å². The fourth-order valence-corrected chi connectivity index (χ4v) is 5.06. The second kappa shape index (κ2) is 10.5. The van der Waals surface area contributed by atoms with Crippen molar-refractivity contribution in [3.63, 3.8) is 0 Å². The van der Waals surface area contributed by atoms with E-state index in [4.69, 9.17) is 18.9 Å². The molecule has 5 rings (SSSR count). The Labute approximate surface area is 214 Å². The number of piperidine rings is 1. The quantitative estimate of drug-likeness (QED) is 0.423. The summed E-state index contributed by atoms with van der Waals surface area (Å²) in [5.41, 5.74) is 0.862. The Morgan fingerprint density at radius 3 is 2.65 bits per heavy atom. The number of thiophene rings is 1. The van der Waals surface area contributed by atoms with E-state index in [1.807, 2.05) is 17.0 Å². The number of fused-ring (bicyclic) bond motifs is 2. The Balaban J connectivity index is 1.37. The zero-order valence-electron chi connectivity index (χ0n) is 20.0. The summed E-state index contributed by atoms with van der Waals surface area (Å²) in [6.45, 7) is 4.15. The lowest BCUT2D eigenvalue weighted by molar-refractivity contribution is -0.134. The molecule has 198 valence electrons. The summed E-state index contributed by atoms with van der Waals surface area (Å²) in [7, 11) is 0. The first-order valence-corrected chi connectivity index (χ1v) is 12.7. The van der Waals surface area contributed by atoms with Gasteiger partial charge in [0.1, 0.15) is 34.8 Å². The number of aromatic nitrogens is 2. The fourth-order valence-electron chi connectivity index (χ4n) is 4.17. The van der Waals surface area contributed by atoms with E-state index in [0.29, 0.717) is 85.7 Å². The van der Waals surface area contributed by atoms with Gasteiger partial charge >= 0.3 is 12.3 Å². The average molecular weight is 539 g/mol. The van der Waals surface area contributed by atoms with Crippen molar-refractivity contribution < 1.29 is 36.9 Å². The first kappa shape index (κ1) is 25.2. The molecule has 13 heteroatoms. The molecule has 2 aliphatic heterocycles. The van der Waals surface area contributed by atoms with Crippen LogP contribution in [-0.2, 0) is 22.2 Å². The number of hydrogen-bond donors (Lipinski definition) is 1.